The quantitative estimate of drug-likeness (QED) is 0.648. The topological polar surface area (TPSA) is 29.5 Å². The van der Waals surface area contributed by atoms with Crippen molar-refractivity contribution >= 4 is 5.91 Å². The lowest BCUT2D eigenvalue weighted by Gasteiger charge is -2.28. The van der Waals surface area contributed by atoms with E-state index < -0.39 is 0 Å². The molecule has 1 saturated heterocycles. The molecule has 3 nitrogen and oxygen atoms in total. The zero-order chi connectivity index (χ0) is 10.0. The first kappa shape index (κ1) is 10.5. The van der Waals surface area contributed by atoms with E-state index in [1.54, 1.807) is 0 Å². The second kappa shape index (κ2) is 4.09. The maximum Gasteiger partial charge on any atom is 0.225 e. The largest absolute Gasteiger partial charge is 0.376 e. The van der Waals surface area contributed by atoms with Crippen LogP contribution in [-0.4, -0.2) is 36.6 Å². The van der Waals surface area contributed by atoms with Gasteiger partial charge in [-0.3, -0.25) is 4.79 Å². The van der Waals surface area contributed by atoms with Gasteiger partial charge >= 0.3 is 0 Å². The molecule has 1 aliphatic rings. The maximum atomic E-state index is 11.6. The van der Waals surface area contributed by atoms with E-state index in [1.807, 2.05) is 32.7 Å². The average molecular weight is 185 g/mol. The molecule has 13 heavy (non-hydrogen) atoms. The van der Waals surface area contributed by atoms with Crippen LogP contribution in [0.25, 0.3) is 0 Å². The minimum Gasteiger partial charge on any atom is -0.376 e. The van der Waals surface area contributed by atoms with Gasteiger partial charge in [-0.15, -0.1) is 0 Å². The number of nitrogens with zero attached hydrogens (tertiary/aromatic N) is 1. The Kier molecular flexibility index (Phi) is 3.31. The molecule has 0 aromatic heterocycles. The van der Waals surface area contributed by atoms with E-state index in [4.69, 9.17) is 4.74 Å². The lowest BCUT2D eigenvalue weighted by atomic mass is 10.1. The van der Waals surface area contributed by atoms with Gasteiger partial charge in [0, 0.05) is 19.6 Å². The summed E-state index contributed by atoms with van der Waals surface area (Å²) >= 11 is 0. The summed E-state index contributed by atoms with van der Waals surface area (Å²) in [6.07, 6.45) is 1.16. The van der Waals surface area contributed by atoms with Crippen LogP contribution in [0.1, 0.15) is 27.2 Å². The third-order valence-corrected chi connectivity index (χ3v) is 2.68. The molecule has 1 heterocycles. The van der Waals surface area contributed by atoms with Crippen molar-refractivity contribution in [3.63, 3.8) is 0 Å². The van der Waals surface area contributed by atoms with E-state index in [-0.39, 0.29) is 24.0 Å². The molecule has 76 valence electrons. The molecule has 1 rings (SSSR count). The second-order valence-electron chi connectivity index (χ2n) is 4.04. The third kappa shape index (κ3) is 2.21. The van der Waals surface area contributed by atoms with Crippen LogP contribution in [0.3, 0.4) is 0 Å². The van der Waals surface area contributed by atoms with Crippen LogP contribution in [0.2, 0.25) is 0 Å². The average Bonchev–Trinajstić information content (AvgIpc) is 2.48. The summed E-state index contributed by atoms with van der Waals surface area (Å²) in [5.74, 6) is 0.292. The molecule has 2 unspecified atom stereocenters. The van der Waals surface area contributed by atoms with Crippen LogP contribution >= 0.6 is 0 Å². The van der Waals surface area contributed by atoms with Crippen molar-refractivity contribution in [2.75, 3.05) is 13.7 Å². The summed E-state index contributed by atoms with van der Waals surface area (Å²) in [7, 11) is 1.87. The van der Waals surface area contributed by atoms with E-state index in [0.717, 1.165) is 13.0 Å². The first-order valence-corrected chi connectivity index (χ1v) is 4.92. The van der Waals surface area contributed by atoms with Gasteiger partial charge in [0.2, 0.25) is 5.91 Å². The van der Waals surface area contributed by atoms with E-state index in [0.29, 0.717) is 0 Å². The van der Waals surface area contributed by atoms with Gasteiger partial charge < -0.3 is 9.64 Å². The Morgan fingerprint density at radius 1 is 1.54 bits per heavy atom. The maximum absolute atomic E-state index is 11.6. The van der Waals surface area contributed by atoms with Gasteiger partial charge in [0.25, 0.3) is 0 Å². The Morgan fingerprint density at radius 2 is 2.15 bits per heavy atom. The lowest BCUT2D eigenvalue weighted by Crippen LogP contribution is -2.42. The van der Waals surface area contributed by atoms with Gasteiger partial charge in [-0.25, -0.2) is 0 Å². The van der Waals surface area contributed by atoms with Gasteiger partial charge in [-0.2, -0.15) is 0 Å². The summed E-state index contributed by atoms with van der Waals surface area (Å²) in [5, 5.41) is 0. The van der Waals surface area contributed by atoms with E-state index in [9.17, 15) is 4.79 Å². The molecule has 2 atom stereocenters. The van der Waals surface area contributed by atoms with Crippen LogP contribution in [-0.2, 0) is 9.53 Å². The number of carbonyl (C=O) groups is 1. The molecule has 0 aromatic rings. The zero-order valence-corrected chi connectivity index (χ0v) is 8.91. The summed E-state index contributed by atoms with van der Waals surface area (Å²) in [4.78, 5) is 13.5. The number of hydrogen-bond donors (Lipinski definition) is 0. The summed E-state index contributed by atoms with van der Waals surface area (Å²) in [6.45, 7) is 6.67. The third-order valence-electron chi connectivity index (χ3n) is 2.68. The number of amides is 1. The molecular weight excluding hydrogens is 166 g/mol. The number of rotatable bonds is 2. The molecule has 0 saturated carbocycles. The number of likely N-dealkylation sites (N-methyl/N-ethyl adjacent to an activating group) is 1. The molecule has 0 aliphatic carbocycles. The number of ether oxygens (including phenoxy) is 1. The Bertz CT molecular complexity index is 191. The van der Waals surface area contributed by atoms with Gasteiger partial charge in [0.05, 0.1) is 12.1 Å². The minimum absolute atomic E-state index is 0.0813. The highest BCUT2D eigenvalue weighted by molar-refractivity contribution is 5.78. The predicted octanol–water partition coefficient (Wildman–Crippen LogP) is 1.28. The first-order valence-electron chi connectivity index (χ1n) is 4.92. The van der Waals surface area contributed by atoms with Crippen LogP contribution in [0.4, 0.5) is 0 Å². The monoisotopic (exact) mass is 185 g/mol. The highest BCUT2D eigenvalue weighted by atomic mass is 16.5. The normalized spacial score (nSPS) is 28.1. The molecule has 0 spiro atoms. The Morgan fingerprint density at radius 3 is 2.54 bits per heavy atom. The van der Waals surface area contributed by atoms with Crippen molar-refractivity contribution in [2.45, 2.75) is 39.3 Å². The Hall–Kier alpha value is -0.570. The standard InChI is InChI=1S/C10H19NO2/c1-7(2)10(12)11(4)9-5-6-13-8(9)3/h7-9H,5-6H2,1-4H3. The lowest BCUT2D eigenvalue weighted by molar-refractivity contribution is -0.136. The molecule has 0 bridgehead atoms. The van der Waals surface area contributed by atoms with Crippen molar-refractivity contribution < 1.29 is 9.53 Å². The van der Waals surface area contributed by atoms with Crippen molar-refractivity contribution in [3.8, 4) is 0 Å². The molecule has 1 amide bonds. The summed E-state index contributed by atoms with van der Waals surface area (Å²) in [5.41, 5.74) is 0. The smallest absolute Gasteiger partial charge is 0.225 e. The van der Waals surface area contributed by atoms with Crippen LogP contribution in [0.5, 0.6) is 0 Å². The van der Waals surface area contributed by atoms with Crippen molar-refractivity contribution in [2.24, 2.45) is 5.92 Å². The fraction of sp³-hybridized carbons (Fsp3) is 0.900. The Balaban J connectivity index is 2.56. The van der Waals surface area contributed by atoms with Gasteiger partial charge in [0.1, 0.15) is 0 Å². The minimum atomic E-state index is 0.0813. The van der Waals surface area contributed by atoms with Crippen LogP contribution in [0, 0.1) is 5.92 Å². The highest BCUT2D eigenvalue weighted by Gasteiger charge is 2.31. The molecule has 1 aliphatic heterocycles. The molecule has 0 N–H and O–H groups in total. The molecule has 3 heteroatoms. The van der Waals surface area contributed by atoms with E-state index in [2.05, 4.69) is 0 Å². The summed E-state index contributed by atoms with van der Waals surface area (Å²) in [6, 6.07) is 0.273. The van der Waals surface area contributed by atoms with E-state index in [1.165, 1.54) is 0 Å². The zero-order valence-electron chi connectivity index (χ0n) is 8.91. The van der Waals surface area contributed by atoms with Crippen LogP contribution in [0.15, 0.2) is 0 Å². The van der Waals surface area contributed by atoms with Crippen LogP contribution < -0.4 is 0 Å². The fourth-order valence-electron chi connectivity index (χ4n) is 1.80. The highest BCUT2D eigenvalue weighted by Crippen LogP contribution is 2.19. The second-order valence-corrected chi connectivity index (χ2v) is 4.04. The SMILES string of the molecule is CC(C)C(=O)N(C)C1CCOC1C. The van der Waals surface area contributed by atoms with Gasteiger partial charge in [-0.1, -0.05) is 13.8 Å². The first-order chi connectivity index (χ1) is 6.04. The molecular formula is C10H19NO2. The van der Waals surface area contributed by atoms with Crippen molar-refractivity contribution in [1.82, 2.24) is 4.90 Å². The summed E-state index contributed by atoms with van der Waals surface area (Å²) < 4.78 is 5.42. The molecule has 1 fully saturated rings. The molecule has 0 radical (unpaired) electrons. The Labute approximate surface area is 80.1 Å². The van der Waals surface area contributed by atoms with Crippen molar-refractivity contribution in [1.29, 1.82) is 0 Å². The van der Waals surface area contributed by atoms with E-state index >= 15 is 0 Å². The molecule has 0 aromatic carbocycles. The van der Waals surface area contributed by atoms with Gasteiger partial charge in [0.15, 0.2) is 0 Å². The van der Waals surface area contributed by atoms with Crippen molar-refractivity contribution in [3.05, 3.63) is 0 Å². The van der Waals surface area contributed by atoms with Gasteiger partial charge in [-0.05, 0) is 13.3 Å². The predicted molar refractivity (Wildman–Crippen MR) is 51.4 cm³/mol. The fourth-order valence-corrected chi connectivity index (χ4v) is 1.80. The number of carbonyl (C=O) groups excluding carboxylic acids is 1. The number of hydrogen-bond acceptors (Lipinski definition) is 2.